The fraction of sp³-hybridized carbons (Fsp3) is 0.192. The third kappa shape index (κ3) is 4.37. The maximum Gasteiger partial charge on any atom is 0.337 e. The molecule has 2 aromatic heterocycles. The van der Waals surface area contributed by atoms with Crippen molar-refractivity contribution in [2.75, 3.05) is 5.32 Å². The number of para-hydroxylation sites is 1. The van der Waals surface area contributed by atoms with Gasteiger partial charge in [-0.05, 0) is 72.5 Å². The maximum atomic E-state index is 13.2. The zero-order valence-corrected chi connectivity index (χ0v) is 18.9. The van der Waals surface area contributed by atoms with E-state index < -0.39 is 5.97 Å². The monoisotopic (exact) mass is 440 g/mol. The average molecular weight is 441 g/mol. The standard InChI is InChI=1S/C26H24N4O3/c1-16-13-21(17(2)27-24-8-6-5-7-20(24)26(32)33)22-15-19(30(4)25(31)23(22)14-16)10-9-18-11-12-29(3)28-18/h5-8,11-15,17,27H,1-4H3,(H,32,33). The molecule has 2 N–H and O–H groups in total. The number of hydrogen-bond acceptors (Lipinski definition) is 4. The van der Waals surface area contributed by atoms with Gasteiger partial charge in [0.1, 0.15) is 5.69 Å². The van der Waals surface area contributed by atoms with Crippen LogP contribution in [0.15, 0.2) is 59.5 Å². The van der Waals surface area contributed by atoms with Crippen LogP contribution in [0.2, 0.25) is 0 Å². The number of pyridine rings is 1. The first-order chi connectivity index (χ1) is 15.7. The second-order valence-corrected chi connectivity index (χ2v) is 8.05. The van der Waals surface area contributed by atoms with Crippen molar-refractivity contribution >= 4 is 22.4 Å². The molecule has 4 aromatic rings. The van der Waals surface area contributed by atoms with Gasteiger partial charge in [0.2, 0.25) is 0 Å². The minimum Gasteiger partial charge on any atom is -0.478 e. The largest absolute Gasteiger partial charge is 0.478 e. The molecule has 0 aliphatic rings. The quantitative estimate of drug-likeness (QED) is 0.471. The Labute approximate surface area is 191 Å². The summed E-state index contributed by atoms with van der Waals surface area (Å²) in [6.45, 7) is 3.89. The summed E-state index contributed by atoms with van der Waals surface area (Å²) < 4.78 is 3.21. The Bertz CT molecular complexity index is 1500. The molecule has 7 heteroatoms. The number of anilines is 1. The van der Waals surface area contributed by atoms with Gasteiger partial charge in [0, 0.05) is 37.4 Å². The van der Waals surface area contributed by atoms with E-state index in [4.69, 9.17) is 0 Å². The van der Waals surface area contributed by atoms with Crippen LogP contribution in [0.1, 0.15) is 45.8 Å². The number of nitrogens with zero attached hydrogens (tertiary/aromatic N) is 3. The predicted octanol–water partition coefficient (Wildman–Crippen LogP) is 3.85. The molecule has 7 nitrogen and oxygen atoms in total. The lowest BCUT2D eigenvalue weighted by atomic mass is 9.96. The number of aromatic carboxylic acids is 1. The van der Waals surface area contributed by atoms with E-state index in [0.29, 0.717) is 22.5 Å². The third-order valence-electron chi connectivity index (χ3n) is 5.56. The number of carbonyl (C=O) groups is 1. The van der Waals surface area contributed by atoms with Crippen LogP contribution >= 0.6 is 0 Å². The highest BCUT2D eigenvalue weighted by atomic mass is 16.4. The lowest BCUT2D eigenvalue weighted by Gasteiger charge is -2.20. The van der Waals surface area contributed by atoms with E-state index in [0.717, 1.165) is 16.5 Å². The van der Waals surface area contributed by atoms with E-state index in [-0.39, 0.29) is 17.2 Å². The normalized spacial score (nSPS) is 11.6. The molecular weight excluding hydrogens is 416 g/mol. The van der Waals surface area contributed by atoms with E-state index in [1.807, 2.05) is 51.4 Å². The van der Waals surface area contributed by atoms with E-state index in [2.05, 4.69) is 22.3 Å². The molecule has 33 heavy (non-hydrogen) atoms. The topological polar surface area (TPSA) is 89.2 Å². The molecule has 0 saturated heterocycles. The number of carboxylic acid groups (broad SMARTS) is 1. The Morgan fingerprint density at radius 3 is 2.55 bits per heavy atom. The molecule has 0 aliphatic heterocycles. The molecule has 0 radical (unpaired) electrons. The smallest absolute Gasteiger partial charge is 0.337 e. The van der Waals surface area contributed by atoms with Gasteiger partial charge in [0.15, 0.2) is 0 Å². The first-order valence-electron chi connectivity index (χ1n) is 10.5. The van der Waals surface area contributed by atoms with Crippen molar-refractivity contribution in [2.45, 2.75) is 19.9 Å². The Balaban J connectivity index is 1.83. The number of fused-ring (bicyclic) bond motifs is 1. The van der Waals surface area contributed by atoms with Gasteiger partial charge in [-0.15, -0.1) is 0 Å². The zero-order chi connectivity index (χ0) is 23.7. The van der Waals surface area contributed by atoms with Gasteiger partial charge < -0.3 is 15.0 Å². The Morgan fingerprint density at radius 1 is 1.09 bits per heavy atom. The predicted molar refractivity (Wildman–Crippen MR) is 129 cm³/mol. The highest BCUT2D eigenvalue weighted by molar-refractivity contribution is 5.94. The number of carboxylic acids is 1. The molecule has 0 amide bonds. The molecule has 0 spiro atoms. The van der Waals surface area contributed by atoms with Gasteiger partial charge in [-0.25, -0.2) is 4.79 Å². The summed E-state index contributed by atoms with van der Waals surface area (Å²) >= 11 is 0. The molecule has 0 saturated carbocycles. The average Bonchev–Trinajstić information content (AvgIpc) is 3.20. The fourth-order valence-corrected chi connectivity index (χ4v) is 3.88. The van der Waals surface area contributed by atoms with Crippen molar-refractivity contribution in [2.24, 2.45) is 14.1 Å². The summed E-state index contributed by atoms with van der Waals surface area (Å²) in [5, 5.41) is 18.5. The van der Waals surface area contributed by atoms with Crippen LogP contribution in [0, 0.1) is 18.8 Å². The number of aryl methyl sites for hydroxylation is 2. The van der Waals surface area contributed by atoms with E-state index >= 15 is 0 Å². The summed E-state index contributed by atoms with van der Waals surface area (Å²) in [5.74, 6) is 5.08. The van der Waals surface area contributed by atoms with Crippen LogP contribution in [0.4, 0.5) is 5.69 Å². The molecule has 0 fully saturated rings. The molecule has 2 aromatic carbocycles. The molecule has 4 rings (SSSR count). The molecular formula is C26H24N4O3. The lowest BCUT2D eigenvalue weighted by Crippen LogP contribution is -2.20. The second-order valence-electron chi connectivity index (χ2n) is 8.05. The first kappa shape index (κ1) is 21.9. The lowest BCUT2D eigenvalue weighted by molar-refractivity contribution is 0.0698. The van der Waals surface area contributed by atoms with Gasteiger partial charge in [0.05, 0.1) is 11.3 Å². The van der Waals surface area contributed by atoms with Crippen LogP contribution in [-0.2, 0) is 14.1 Å². The van der Waals surface area contributed by atoms with Crippen LogP contribution in [0.5, 0.6) is 0 Å². The molecule has 0 aliphatic carbocycles. The van der Waals surface area contributed by atoms with Crippen molar-refractivity contribution in [3.63, 3.8) is 0 Å². The molecule has 1 unspecified atom stereocenters. The van der Waals surface area contributed by atoms with Crippen LogP contribution in [-0.4, -0.2) is 25.4 Å². The molecule has 2 heterocycles. The second kappa shape index (κ2) is 8.67. The number of hydrogen-bond donors (Lipinski definition) is 2. The van der Waals surface area contributed by atoms with Crippen molar-refractivity contribution in [3.8, 4) is 11.8 Å². The highest BCUT2D eigenvalue weighted by Gasteiger charge is 2.17. The first-order valence-corrected chi connectivity index (χ1v) is 10.5. The van der Waals surface area contributed by atoms with E-state index in [1.54, 1.807) is 40.6 Å². The summed E-state index contributed by atoms with van der Waals surface area (Å²) in [6, 6.07) is 14.1. The van der Waals surface area contributed by atoms with Gasteiger partial charge in [-0.2, -0.15) is 5.10 Å². The summed E-state index contributed by atoms with van der Waals surface area (Å²) in [6.07, 6.45) is 1.81. The minimum absolute atomic E-state index is 0.138. The number of benzene rings is 2. The van der Waals surface area contributed by atoms with Crippen molar-refractivity contribution in [1.29, 1.82) is 0 Å². The number of nitrogens with one attached hydrogen (secondary N) is 1. The van der Waals surface area contributed by atoms with Crippen molar-refractivity contribution in [1.82, 2.24) is 14.3 Å². The maximum absolute atomic E-state index is 13.2. The third-order valence-corrected chi connectivity index (χ3v) is 5.56. The molecule has 0 bridgehead atoms. The zero-order valence-electron chi connectivity index (χ0n) is 18.9. The summed E-state index contributed by atoms with van der Waals surface area (Å²) in [4.78, 5) is 24.8. The SMILES string of the molecule is Cc1cc(C(C)Nc2ccccc2C(=O)O)c2cc(C#Cc3ccn(C)n3)n(C)c(=O)c2c1. The van der Waals surface area contributed by atoms with Crippen LogP contribution in [0.3, 0.4) is 0 Å². The van der Waals surface area contributed by atoms with E-state index in [9.17, 15) is 14.7 Å². The summed E-state index contributed by atoms with van der Waals surface area (Å²) in [7, 11) is 3.53. The van der Waals surface area contributed by atoms with Crippen LogP contribution in [0.25, 0.3) is 10.8 Å². The Morgan fingerprint density at radius 2 is 1.85 bits per heavy atom. The highest BCUT2D eigenvalue weighted by Crippen LogP contribution is 2.29. The van der Waals surface area contributed by atoms with Crippen molar-refractivity contribution in [3.05, 3.63) is 93.2 Å². The van der Waals surface area contributed by atoms with E-state index in [1.165, 1.54) is 0 Å². The molecule has 166 valence electrons. The van der Waals surface area contributed by atoms with Crippen molar-refractivity contribution < 1.29 is 9.90 Å². The number of aromatic nitrogens is 3. The fourth-order valence-electron chi connectivity index (χ4n) is 3.88. The number of rotatable bonds is 4. The van der Waals surface area contributed by atoms with Crippen LogP contribution < -0.4 is 10.9 Å². The van der Waals surface area contributed by atoms with Gasteiger partial charge in [-0.1, -0.05) is 18.2 Å². The minimum atomic E-state index is -1.000. The summed E-state index contributed by atoms with van der Waals surface area (Å²) in [5.41, 5.74) is 3.60. The van der Waals surface area contributed by atoms with Gasteiger partial charge in [-0.3, -0.25) is 9.48 Å². The Kier molecular flexibility index (Phi) is 5.76. The molecule has 1 atom stereocenters. The van der Waals surface area contributed by atoms with Gasteiger partial charge >= 0.3 is 5.97 Å². The Hall–Kier alpha value is -4.31. The van der Waals surface area contributed by atoms with Gasteiger partial charge in [0.25, 0.3) is 5.56 Å².